The SMILES string of the molecule is CC(C)CC(C(=O)NC(C)(C)C)N1C(c2ncc[nH]2)=NCc2ccccc21. The zero-order valence-corrected chi connectivity index (χ0v) is 16.8. The van der Waals surface area contributed by atoms with Gasteiger partial charge in [0.2, 0.25) is 5.91 Å². The predicted octanol–water partition coefficient (Wildman–Crippen LogP) is 3.51. The van der Waals surface area contributed by atoms with Crippen LogP contribution in [0.15, 0.2) is 41.7 Å². The summed E-state index contributed by atoms with van der Waals surface area (Å²) < 4.78 is 0. The van der Waals surface area contributed by atoms with Gasteiger partial charge in [0.15, 0.2) is 11.7 Å². The van der Waals surface area contributed by atoms with Gasteiger partial charge in [-0.25, -0.2) is 4.98 Å². The summed E-state index contributed by atoms with van der Waals surface area (Å²) in [6.07, 6.45) is 4.21. The van der Waals surface area contributed by atoms with Gasteiger partial charge in [-0.3, -0.25) is 9.79 Å². The number of aromatic amines is 1. The summed E-state index contributed by atoms with van der Waals surface area (Å²) in [6, 6.07) is 7.78. The highest BCUT2D eigenvalue weighted by Crippen LogP contribution is 2.31. The molecule has 0 aliphatic carbocycles. The first-order chi connectivity index (χ1) is 12.8. The topological polar surface area (TPSA) is 73.4 Å². The van der Waals surface area contributed by atoms with Gasteiger partial charge in [0.1, 0.15) is 6.04 Å². The fourth-order valence-corrected chi connectivity index (χ4v) is 3.35. The van der Waals surface area contributed by atoms with E-state index < -0.39 is 0 Å². The van der Waals surface area contributed by atoms with E-state index in [0.29, 0.717) is 24.1 Å². The first-order valence-electron chi connectivity index (χ1n) is 9.49. The van der Waals surface area contributed by atoms with Crippen molar-refractivity contribution in [3.8, 4) is 0 Å². The quantitative estimate of drug-likeness (QED) is 0.849. The number of carbonyl (C=O) groups excluding carboxylic acids is 1. The molecule has 144 valence electrons. The third kappa shape index (κ3) is 4.38. The number of nitrogens with one attached hydrogen (secondary N) is 2. The number of hydrogen-bond acceptors (Lipinski definition) is 4. The van der Waals surface area contributed by atoms with Gasteiger partial charge in [0.25, 0.3) is 0 Å². The van der Waals surface area contributed by atoms with Crippen molar-refractivity contribution in [2.75, 3.05) is 4.90 Å². The highest BCUT2D eigenvalue weighted by atomic mass is 16.2. The van der Waals surface area contributed by atoms with Crippen LogP contribution in [0, 0.1) is 5.92 Å². The molecule has 1 aliphatic heterocycles. The van der Waals surface area contributed by atoms with Crippen LogP contribution in [0.1, 0.15) is 52.4 Å². The van der Waals surface area contributed by atoms with Crippen LogP contribution in [-0.4, -0.2) is 33.3 Å². The van der Waals surface area contributed by atoms with Crippen LogP contribution in [-0.2, 0) is 11.3 Å². The van der Waals surface area contributed by atoms with Gasteiger partial charge in [-0.1, -0.05) is 32.0 Å². The molecule has 0 saturated heterocycles. The zero-order valence-electron chi connectivity index (χ0n) is 16.8. The first kappa shape index (κ1) is 19.1. The van der Waals surface area contributed by atoms with Gasteiger partial charge < -0.3 is 15.2 Å². The Hall–Kier alpha value is -2.63. The fourth-order valence-electron chi connectivity index (χ4n) is 3.35. The number of hydrogen-bond donors (Lipinski definition) is 2. The minimum absolute atomic E-state index is 0.00663. The van der Waals surface area contributed by atoms with Crippen molar-refractivity contribution in [2.45, 2.75) is 59.2 Å². The number of carbonyl (C=O) groups is 1. The van der Waals surface area contributed by atoms with Crippen LogP contribution in [0.4, 0.5) is 5.69 Å². The molecule has 2 heterocycles. The maximum Gasteiger partial charge on any atom is 0.243 e. The highest BCUT2D eigenvalue weighted by molar-refractivity contribution is 6.12. The van der Waals surface area contributed by atoms with E-state index in [0.717, 1.165) is 17.7 Å². The lowest BCUT2D eigenvalue weighted by molar-refractivity contribution is -0.124. The number of benzene rings is 1. The molecule has 3 rings (SSSR count). The summed E-state index contributed by atoms with van der Waals surface area (Å²) in [5.41, 5.74) is 1.84. The van der Waals surface area contributed by atoms with E-state index in [-0.39, 0.29) is 17.5 Å². The third-order valence-corrected chi connectivity index (χ3v) is 4.40. The molecule has 1 atom stereocenters. The Morgan fingerprint density at radius 2 is 2.04 bits per heavy atom. The van der Waals surface area contributed by atoms with Crippen molar-refractivity contribution in [2.24, 2.45) is 10.9 Å². The van der Waals surface area contributed by atoms with Gasteiger partial charge in [0, 0.05) is 23.6 Å². The van der Waals surface area contributed by atoms with Crippen molar-refractivity contribution in [3.05, 3.63) is 48.0 Å². The van der Waals surface area contributed by atoms with Gasteiger partial charge in [0.05, 0.1) is 6.54 Å². The molecule has 1 aromatic carbocycles. The predicted molar refractivity (Wildman–Crippen MR) is 109 cm³/mol. The van der Waals surface area contributed by atoms with Crippen molar-refractivity contribution < 1.29 is 4.79 Å². The second kappa shape index (κ2) is 7.55. The Labute approximate surface area is 161 Å². The largest absolute Gasteiger partial charge is 0.350 e. The Morgan fingerprint density at radius 3 is 2.67 bits per heavy atom. The Balaban J connectivity index is 2.08. The smallest absolute Gasteiger partial charge is 0.243 e. The maximum atomic E-state index is 13.3. The van der Waals surface area contributed by atoms with E-state index >= 15 is 0 Å². The van der Waals surface area contributed by atoms with Crippen LogP contribution in [0.3, 0.4) is 0 Å². The number of amidine groups is 1. The Bertz CT molecular complexity index is 817. The van der Waals surface area contributed by atoms with E-state index in [1.54, 1.807) is 12.4 Å². The summed E-state index contributed by atoms with van der Waals surface area (Å²) in [7, 11) is 0. The molecule has 6 nitrogen and oxygen atoms in total. The number of anilines is 1. The Morgan fingerprint density at radius 1 is 1.30 bits per heavy atom. The number of rotatable bonds is 5. The summed E-state index contributed by atoms with van der Waals surface area (Å²) in [4.78, 5) is 27.7. The minimum Gasteiger partial charge on any atom is -0.350 e. The molecule has 1 amide bonds. The number of fused-ring (bicyclic) bond motifs is 1. The molecule has 0 fully saturated rings. The normalized spacial score (nSPS) is 15.3. The average molecular weight is 367 g/mol. The molecular formula is C21H29N5O. The molecule has 2 N–H and O–H groups in total. The lowest BCUT2D eigenvalue weighted by atomic mass is 9.97. The monoisotopic (exact) mass is 367 g/mol. The van der Waals surface area contributed by atoms with Crippen molar-refractivity contribution >= 4 is 17.4 Å². The van der Waals surface area contributed by atoms with Crippen molar-refractivity contribution in [1.29, 1.82) is 0 Å². The molecule has 0 spiro atoms. The van der Waals surface area contributed by atoms with Crippen molar-refractivity contribution in [1.82, 2.24) is 15.3 Å². The second-order valence-corrected chi connectivity index (χ2v) is 8.46. The van der Waals surface area contributed by atoms with Crippen LogP contribution in [0.5, 0.6) is 0 Å². The van der Waals surface area contributed by atoms with Crippen LogP contribution >= 0.6 is 0 Å². The second-order valence-electron chi connectivity index (χ2n) is 8.46. The van der Waals surface area contributed by atoms with Crippen LogP contribution < -0.4 is 10.2 Å². The molecule has 1 aliphatic rings. The van der Waals surface area contributed by atoms with E-state index in [4.69, 9.17) is 4.99 Å². The molecule has 6 heteroatoms. The van der Waals surface area contributed by atoms with Gasteiger partial charge in [-0.15, -0.1) is 0 Å². The molecule has 2 aromatic rings. The van der Waals surface area contributed by atoms with Crippen LogP contribution in [0.25, 0.3) is 0 Å². The van der Waals surface area contributed by atoms with Gasteiger partial charge in [-0.2, -0.15) is 0 Å². The number of aromatic nitrogens is 2. The molecule has 1 unspecified atom stereocenters. The van der Waals surface area contributed by atoms with E-state index in [1.807, 2.05) is 32.9 Å². The van der Waals surface area contributed by atoms with Crippen molar-refractivity contribution in [3.63, 3.8) is 0 Å². The number of amides is 1. The minimum atomic E-state index is -0.366. The Kier molecular flexibility index (Phi) is 5.35. The molecule has 1 aromatic heterocycles. The summed E-state index contributed by atoms with van der Waals surface area (Å²) in [6.45, 7) is 10.9. The van der Waals surface area contributed by atoms with Gasteiger partial charge in [-0.05, 0) is 44.7 Å². The lowest BCUT2D eigenvalue weighted by Crippen LogP contribution is -2.55. The lowest BCUT2D eigenvalue weighted by Gasteiger charge is -2.38. The summed E-state index contributed by atoms with van der Waals surface area (Å²) >= 11 is 0. The number of H-pyrrole nitrogens is 1. The number of nitrogens with zero attached hydrogens (tertiary/aromatic N) is 3. The summed E-state index contributed by atoms with van der Waals surface area (Å²) in [5, 5.41) is 3.15. The maximum absolute atomic E-state index is 13.3. The fraction of sp³-hybridized carbons (Fsp3) is 0.476. The molecule has 0 saturated carbocycles. The van der Waals surface area contributed by atoms with E-state index in [2.05, 4.69) is 46.2 Å². The number of aliphatic imine (C=N–C) groups is 1. The average Bonchev–Trinajstić information content (AvgIpc) is 3.11. The van der Waals surface area contributed by atoms with Gasteiger partial charge >= 0.3 is 0 Å². The third-order valence-electron chi connectivity index (χ3n) is 4.40. The number of para-hydroxylation sites is 1. The standard InChI is InChI=1S/C21H29N5O/c1-14(2)12-17(20(27)25-21(3,4)5)26-16-9-7-6-8-15(16)13-24-19(26)18-22-10-11-23-18/h6-11,14,17H,12-13H2,1-5H3,(H,22,23)(H,25,27). The molecule has 0 bridgehead atoms. The molecule has 0 radical (unpaired) electrons. The first-order valence-corrected chi connectivity index (χ1v) is 9.49. The number of imidazole rings is 1. The highest BCUT2D eigenvalue weighted by Gasteiger charge is 2.36. The molecule has 27 heavy (non-hydrogen) atoms. The van der Waals surface area contributed by atoms with E-state index in [1.165, 1.54) is 0 Å². The zero-order chi connectivity index (χ0) is 19.6. The summed E-state index contributed by atoms with van der Waals surface area (Å²) in [5.74, 6) is 1.76. The van der Waals surface area contributed by atoms with E-state index in [9.17, 15) is 4.79 Å². The molecular weight excluding hydrogens is 338 g/mol. The van der Waals surface area contributed by atoms with Crippen LogP contribution in [0.2, 0.25) is 0 Å².